The first-order chi connectivity index (χ1) is 14.2. The van der Waals surface area contributed by atoms with Gasteiger partial charge in [-0.1, -0.05) is 12.1 Å². The van der Waals surface area contributed by atoms with E-state index in [1.54, 1.807) is 0 Å². The van der Waals surface area contributed by atoms with E-state index in [1.807, 2.05) is 59.6 Å². The highest BCUT2D eigenvalue weighted by Gasteiger charge is 2.23. The molecule has 4 aromatic rings. The average Bonchev–Trinajstić information content (AvgIpc) is 3.47. The van der Waals surface area contributed by atoms with Gasteiger partial charge >= 0.3 is 0 Å². The van der Waals surface area contributed by atoms with Crippen LogP contribution in [0.1, 0.15) is 40.1 Å². The number of rotatable bonds is 4. The number of pyridine rings is 2. The van der Waals surface area contributed by atoms with Gasteiger partial charge in [0.05, 0.1) is 0 Å². The summed E-state index contributed by atoms with van der Waals surface area (Å²) in [5, 5.41) is 0. The molecule has 0 unspecified atom stereocenters. The number of aryl methyl sites for hydroxylation is 2. The molecule has 0 aliphatic heterocycles. The van der Waals surface area contributed by atoms with Crippen molar-refractivity contribution in [3.05, 3.63) is 82.1 Å². The molecule has 4 heterocycles. The summed E-state index contributed by atoms with van der Waals surface area (Å²) < 4.78 is 0. The standard InChI is InChI=1S/C25H22N2S2/c1-16-22(12-24(28-16)18-6-4-10-26-14-18)20-8-3-9-21(20)23-13-25(29-17(23)2)19-7-5-11-27-15-19/h4-7,10-15H,3,8-9H2,1-2H3. The van der Waals surface area contributed by atoms with Crippen LogP contribution in [0.15, 0.2) is 61.2 Å². The minimum absolute atomic E-state index is 1.16. The van der Waals surface area contributed by atoms with Gasteiger partial charge in [-0.05, 0) is 79.6 Å². The van der Waals surface area contributed by atoms with Crippen LogP contribution in [0.3, 0.4) is 0 Å². The maximum absolute atomic E-state index is 4.29. The van der Waals surface area contributed by atoms with Crippen molar-refractivity contribution in [2.45, 2.75) is 33.1 Å². The molecule has 0 radical (unpaired) electrons. The van der Waals surface area contributed by atoms with Gasteiger partial charge in [0.2, 0.25) is 0 Å². The first kappa shape index (κ1) is 18.5. The highest BCUT2D eigenvalue weighted by molar-refractivity contribution is 7.16. The second-order valence-corrected chi connectivity index (χ2v) is 9.97. The summed E-state index contributed by atoms with van der Waals surface area (Å²) in [5.41, 5.74) is 8.33. The Labute approximate surface area is 179 Å². The monoisotopic (exact) mass is 414 g/mol. The van der Waals surface area contributed by atoms with Crippen molar-refractivity contribution in [2.75, 3.05) is 0 Å². The van der Waals surface area contributed by atoms with Crippen LogP contribution in [-0.4, -0.2) is 9.97 Å². The fourth-order valence-corrected chi connectivity index (χ4v) is 6.28. The fraction of sp³-hybridized carbons (Fsp3) is 0.200. The number of allylic oxidation sites excluding steroid dienone is 2. The molecule has 4 heteroatoms. The van der Waals surface area contributed by atoms with Crippen LogP contribution in [-0.2, 0) is 0 Å². The Hall–Kier alpha value is -2.56. The quantitative estimate of drug-likeness (QED) is 0.343. The van der Waals surface area contributed by atoms with Gasteiger partial charge in [0.25, 0.3) is 0 Å². The van der Waals surface area contributed by atoms with E-state index in [2.05, 4.69) is 48.1 Å². The SMILES string of the molecule is Cc1sc(-c2cccnc2)cc1C1=C(c2cc(-c3cccnc3)sc2C)CCC1. The summed E-state index contributed by atoms with van der Waals surface area (Å²) in [6, 6.07) is 13.1. The molecule has 0 bridgehead atoms. The van der Waals surface area contributed by atoms with Crippen LogP contribution < -0.4 is 0 Å². The minimum atomic E-state index is 1.16. The Morgan fingerprint density at radius 2 is 1.21 bits per heavy atom. The van der Waals surface area contributed by atoms with Crippen LogP contribution in [0.25, 0.3) is 32.0 Å². The molecule has 4 aromatic heterocycles. The van der Waals surface area contributed by atoms with Crippen LogP contribution >= 0.6 is 22.7 Å². The van der Waals surface area contributed by atoms with Crippen LogP contribution in [0.5, 0.6) is 0 Å². The number of hydrogen-bond donors (Lipinski definition) is 0. The van der Waals surface area contributed by atoms with E-state index in [1.165, 1.54) is 59.3 Å². The van der Waals surface area contributed by atoms with Crippen molar-refractivity contribution in [1.29, 1.82) is 0 Å². The summed E-state index contributed by atoms with van der Waals surface area (Å²) in [5.74, 6) is 0. The summed E-state index contributed by atoms with van der Waals surface area (Å²) in [4.78, 5) is 14.0. The zero-order valence-corrected chi connectivity index (χ0v) is 18.2. The summed E-state index contributed by atoms with van der Waals surface area (Å²) >= 11 is 3.76. The predicted octanol–water partition coefficient (Wildman–Crippen LogP) is 7.65. The van der Waals surface area contributed by atoms with Crippen molar-refractivity contribution in [3.63, 3.8) is 0 Å². The van der Waals surface area contributed by atoms with Crippen molar-refractivity contribution < 1.29 is 0 Å². The lowest BCUT2D eigenvalue weighted by atomic mass is 9.97. The molecule has 0 amide bonds. The zero-order chi connectivity index (χ0) is 19.8. The lowest BCUT2D eigenvalue weighted by molar-refractivity contribution is 0.941. The van der Waals surface area contributed by atoms with Crippen LogP contribution in [0, 0.1) is 13.8 Å². The maximum atomic E-state index is 4.29. The third-order valence-corrected chi connectivity index (χ3v) is 7.79. The molecule has 2 nitrogen and oxygen atoms in total. The predicted molar refractivity (Wildman–Crippen MR) is 125 cm³/mol. The second kappa shape index (κ2) is 7.69. The molecule has 0 saturated carbocycles. The zero-order valence-electron chi connectivity index (χ0n) is 16.6. The van der Waals surface area contributed by atoms with E-state index >= 15 is 0 Å². The van der Waals surface area contributed by atoms with E-state index in [4.69, 9.17) is 0 Å². The first-order valence-corrected chi connectivity index (χ1v) is 11.6. The molecule has 5 rings (SSSR count). The number of nitrogens with zero attached hydrogens (tertiary/aromatic N) is 2. The highest BCUT2D eigenvalue weighted by atomic mass is 32.1. The fourth-order valence-electron chi connectivity index (χ4n) is 4.20. The lowest BCUT2D eigenvalue weighted by Gasteiger charge is -2.07. The molecule has 1 aliphatic carbocycles. The smallest absolute Gasteiger partial charge is 0.0367 e. The van der Waals surface area contributed by atoms with E-state index in [9.17, 15) is 0 Å². The molecule has 0 N–H and O–H groups in total. The van der Waals surface area contributed by atoms with Gasteiger partial charge in [0.1, 0.15) is 0 Å². The number of aromatic nitrogens is 2. The summed E-state index contributed by atoms with van der Waals surface area (Å²) in [6.07, 6.45) is 11.2. The minimum Gasteiger partial charge on any atom is -0.264 e. The third kappa shape index (κ3) is 3.47. The van der Waals surface area contributed by atoms with E-state index in [-0.39, 0.29) is 0 Å². The molecule has 0 spiro atoms. The largest absolute Gasteiger partial charge is 0.264 e. The van der Waals surface area contributed by atoms with Gasteiger partial charge in [-0.2, -0.15) is 0 Å². The molecule has 0 fully saturated rings. The number of hydrogen-bond acceptors (Lipinski definition) is 4. The van der Waals surface area contributed by atoms with Gasteiger partial charge < -0.3 is 0 Å². The normalized spacial score (nSPS) is 14.0. The second-order valence-electron chi connectivity index (χ2n) is 7.46. The van der Waals surface area contributed by atoms with Crippen molar-refractivity contribution in [2.24, 2.45) is 0 Å². The molecule has 0 aromatic carbocycles. The van der Waals surface area contributed by atoms with Gasteiger partial charge in [-0.3, -0.25) is 9.97 Å². The average molecular weight is 415 g/mol. The van der Waals surface area contributed by atoms with Crippen molar-refractivity contribution in [3.8, 4) is 20.9 Å². The summed E-state index contributed by atoms with van der Waals surface area (Å²) in [6.45, 7) is 4.51. The Morgan fingerprint density at radius 3 is 1.62 bits per heavy atom. The van der Waals surface area contributed by atoms with Crippen molar-refractivity contribution >= 4 is 33.8 Å². The van der Waals surface area contributed by atoms with E-state index in [0.29, 0.717) is 0 Å². The lowest BCUT2D eigenvalue weighted by Crippen LogP contribution is -1.86. The number of thiophene rings is 2. The van der Waals surface area contributed by atoms with Gasteiger partial charge in [-0.25, -0.2) is 0 Å². The van der Waals surface area contributed by atoms with Crippen LogP contribution in [0.2, 0.25) is 0 Å². The maximum Gasteiger partial charge on any atom is 0.0367 e. The molecule has 0 saturated heterocycles. The molecular weight excluding hydrogens is 392 g/mol. The Balaban J connectivity index is 1.58. The van der Waals surface area contributed by atoms with Crippen LogP contribution in [0.4, 0.5) is 0 Å². The molecule has 144 valence electrons. The van der Waals surface area contributed by atoms with E-state index < -0.39 is 0 Å². The molecular formula is C25H22N2S2. The third-order valence-electron chi connectivity index (χ3n) is 5.60. The Bertz CT molecular complexity index is 1090. The van der Waals surface area contributed by atoms with Crippen molar-refractivity contribution in [1.82, 2.24) is 9.97 Å². The first-order valence-electron chi connectivity index (χ1n) is 9.95. The van der Waals surface area contributed by atoms with Gasteiger partial charge in [0.15, 0.2) is 0 Å². The topological polar surface area (TPSA) is 25.8 Å². The van der Waals surface area contributed by atoms with Gasteiger partial charge in [0, 0.05) is 55.4 Å². The highest BCUT2D eigenvalue weighted by Crippen LogP contribution is 2.47. The molecule has 0 atom stereocenters. The molecule has 1 aliphatic rings. The molecule has 29 heavy (non-hydrogen) atoms. The van der Waals surface area contributed by atoms with E-state index in [0.717, 1.165) is 12.8 Å². The van der Waals surface area contributed by atoms with Gasteiger partial charge in [-0.15, -0.1) is 22.7 Å². The Morgan fingerprint density at radius 1 is 0.724 bits per heavy atom. The Kier molecular flexibility index (Phi) is 4.90. The summed E-state index contributed by atoms with van der Waals surface area (Å²) in [7, 11) is 0.